The lowest BCUT2D eigenvalue weighted by Gasteiger charge is -2.34. The Labute approximate surface area is 183 Å². The summed E-state index contributed by atoms with van der Waals surface area (Å²) >= 11 is 0. The van der Waals surface area contributed by atoms with Crippen LogP contribution in [0.2, 0.25) is 0 Å². The summed E-state index contributed by atoms with van der Waals surface area (Å²) in [6.45, 7) is 7.68. The van der Waals surface area contributed by atoms with Crippen LogP contribution >= 0.6 is 0 Å². The highest BCUT2D eigenvalue weighted by Crippen LogP contribution is 2.24. The van der Waals surface area contributed by atoms with E-state index in [2.05, 4.69) is 25.4 Å². The smallest absolute Gasteiger partial charge is 0.243 e. The highest BCUT2D eigenvalue weighted by atomic mass is 32.2. The van der Waals surface area contributed by atoms with Gasteiger partial charge in [0, 0.05) is 32.4 Å². The molecule has 8 nitrogen and oxygen atoms in total. The van der Waals surface area contributed by atoms with Crippen LogP contribution in [0.5, 0.6) is 0 Å². The van der Waals surface area contributed by atoms with Gasteiger partial charge in [-0.3, -0.25) is 0 Å². The van der Waals surface area contributed by atoms with Crippen LogP contribution in [0, 0.1) is 20.8 Å². The van der Waals surface area contributed by atoms with Gasteiger partial charge in [-0.05, 0) is 67.8 Å². The van der Waals surface area contributed by atoms with Gasteiger partial charge in [0.05, 0.1) is 4.90 Å². The molecule has 1 aliphatic rings. The fourth-order valence-corrected chi connectivity index (χ4v) is 5.31. The molecule has 1 aliphatic heterocycles. The molecule has 4 rings (SSSR count). The van der Waals surface area contributed by atoms with E-state index < -0.39 is 10.0 Å². The molecule has 0 atom stereocenters. The first-order valence-corrected chi connectivity index (χ1v) is 11.6. The number of aryl methyl sites for hydroxylation is 3. The minimum Gasteiger partial charge on any atom is -0.352 e. The van der Waals surface area contributed by atoms with Gasteiger partial charge in [0.15, 0.2) is 11.6 Å². The number of hydrogen-bond acceptors (Lipinski definition) is 7. The highest BCUT2D eigenvalue weighted by molar-refractivity contribution is 7.89. The SMILES string of the molecule is Cc1ccnc(Nc2ccc(N3CCN(S(=O)(=O)c4cc(C)ccc4C)CC3)nn2)c1. The van der Waals surface area contributed by atoms with Crippen molar-refractivity contribution in [3.8, 4) is 0 Å². The average molecular weight is 439 g/mol. The first kappa shape index (κ1) is 21.2. The summed E-state index contributed by atoms with van der Waals surface area (Å²) in [6.07, 6.45) is 1.74. The molecule has 0 spiro atoms. The van der Waals surface area contributed by atoms with Crippen LogP contribution in [-0.2, 0) is 10.0 Å². The van der Waals surface area contributed by atoms with Crippen LogP contribution in [0.15, 0.2) is 53.6 Å². The largest absolute Gasteiger partial charge is 0.352 e. The zero-order chi connectivity index (χ0) is 22.0. The Kier molecular flexibility index (Phi) is 5.88. The number of anilines is 3. The van der Waals surface area contributed by atoms with Gasteiger partial charge < -0.3 is 10.2 Å². The molecule has 2 aromatic heterocycles. The van der Waals surface area contributed by atoms with Crippen molar-refractivity contribution >= 4 is 27.5 Å². The number of sulfonamides is 1. The fraction of sp³-hybridized carbons (Fsp3) is 0.318. The summed E-state index contributed by atoms with van der Waals surface area (Å²) in [5.41, 5.74) is 2.81. The van der Waals surface area contributed by atoms with E-state index in [1.165, 1.54) is 0 Å². The van der Waals surface area contributed by atoms with Crippen LogP contribution < -0.4 is 10.2 Å². The van der Waals surface area contributed by atoms with Gasteiger partial charge in [-0.2, -0.15) is 4.31 Å². The van der Waals surface area contributed by atoms with E-state index in [0.717, 1.165) is 22.5 Å². The molecule has 1 aromatic carbocycles. The number of nitrogens with zero attached hydrogens (tertiary/aromatic N) is 5. The van der Waals surface area contributed by atoms with Gasteiger partial charge >= 0.3 is 0 Å². The second-order valence-corrected chi connectivity index (χ2v) is 9.69. The Morgan fingerprint density at radius 3 is 2.26 bits per heavy atom. The third kappa shape index (κ3) is 4.67. The lowest BCUT2D eigenvalue weighted by Crippen LogP contribution is -2.49. The second kappa shape index (κ2) is 8.60. The first-order valence-electron chi connectivity index (χ1n) is 10.2. The number of hydrogen-bond donors (Lipinski definition) is 1. The van der Waals surface area contributed by atoms with Crippen molar-refractivity contribution in [2.45, 2.75) is 25.7 Å². The molecule has 0 radical (unpaired) electrons. The van der Waals surface area contributed by atoms with E-state index in [-0.39, 0.29) is 0 Å². The molecule has 0 bridgehead atoms. The van der Waals surface area contributed by atoms with Crippen molar-refractivity contribution in [1.82, 2.24) is 19.5 Å². The van der Waals surface area contributed by atoms with Crippen molar-refractivity contribution in [2.75, 3.05) is 36.4 Å². The Hall–Kier alpha value is -3.04. The molecule has 1 N–H and O–H groups in total. The fourth-order valence-electron chi connectivity index (χ4n) is 3.58. The molecule has 1 saturated heterocycles. The number of nitrogens with one attached hydrogen (secondary N) is 1. The van der Waals surface area contributed by atoms with Crippen LogP contribution in [-0.4, -0.2) is 54.1 Å². The minimum absolute atomic E-state index is 0.390. The van der Waals surface area contributed by atoms with Crippen molar-refractivity contribution < 1.29 is 8.42 Å². The predicted octanol–water partition coefficient (Wildman–Crippen LogP) is 3.05. The number of benzene rings is 1. The first-order chi connectivity index (χ1) is 14.8. The van der Waals surface area contributed by atoms with Gasteiger partial charge in [-0.15, -0.1) is 10.2 Å². The van der Waals surface area contributed by atoms with E-state index in [1.807, 2.05) is 57.2 Å². The van der Waals surface area contributed by atoms with E-state index >= 15 is 0 Å². The summed E-state index contributed by atoms with van der Waals surface area (Å²) in [7, 11) is -3.51. The maximum atomic E-state index is 13.1. The molecular weight excluding hydrogens is 412 g/mol. The second-order valence-electron chi connectivity index (χ2n) is 7.78. The quantitative estimate of drug-likeness (QED) is 0.655. The number of aromatic nitrogens is 3. The van der Waals surface area contributed by atoms with Crippen molar-refractivity contribution in [1.29, 1.82) is 0 Å². The van der Waals surface area contributed by atoms with Crippen molar-refractivity contribution in [2.24, 2.45) is 0 Å². The predicted molar refractivity (Wildman–Crippen MR) is 121 cm³/mol. The Morgan fingerprint density at radius 2 is 1.58 bits per heavy atom. The van der Waals surface area contributed by atoms with E-state index in [0.29, 0.717) is 42.7 Å². The maximum absolute atomic E-state index is 13.1. The Morgan fingerprint density at radius 1 is 0.839 bits per heavy atom. The minimum atomic E-state index is -3.51. The van der Waals surface area contributed by atoms with E-state index in [4.69, 9.17) is 0 Å². The molecule has 31 heavy (non-hydrogen) atoms. The van der Waals surface area contributed by atoms with Crippen molar-refractivity contribution in [3.05, 3.63) is 65.4 Å². The standard InChI is InChI=1S/C22H26N6O2S/c1-16-4-5-18(3)19(14-16)31(29,30)28-12-10-27(11-13-28)22-7-6-20(25-26-22)24-21-15-17(2)8-9-23-21/h4-9,14-15H,10-13H2,1-3H3,(H,23,24,25). The van der Waals surface area contributed by atoms with Gasteiger partial charge in [0.2, 0.25) is 10.0 Å². The number of piperazine rings is 1. The third-order valence-electron chi connectivity index (χ3n) is 5.35. The van der Waals surface area contributed by atoms with Gasteiger partial charge in [-0.1, -0.05) is 12.1 Å². The summed E-state index contributed by atoms with van der Waals surface area (Å²) in [4.78, 5) is 6.71. The topological polar surface area (TPSA) is 91.3 Å². The zero-order valence-corrected chi connectivity index (χ0v) is 18.7. The Balaban J connectivity index is 1.41. The maximum Gasteiger partial charge on any atom is 0.243 e. The molecule has 1 fully saturated rings. The summed E-state index contributed by atoms with van der Waals surface area (Å²) < 4.78 is 27.8. The zero-order valence-electron chi connectivity index (χ0n) is 17.9. The normalized spacial score (nSPS) is 15.1. The molecular formula is C22H26N6O2S. The van der Waals surface area contributed by atoms with Crippen LogP contribution in [0.1, 0.15) is 16.7 Å². The average Bonchev–Trinajstić information content (AvgIpc) is 2.76. The molecule has 3 aromatic rings. The molecule has 0 saturated carbocycles. The summed E-state index contributed by atoms with van der Waals surface area (Å²) in [5, 5.41) is 11.7. The molecule has 0 unspecified atom stereocenters. The highest BCUT2D eigenvalue weighted by Gasteiger charge is 2.30. The lowest BCUT2D eigenvalue weighted by atomic mass is 10.2. The number of pyridine rings is 1. The van der Waals surface area contributed by atoms with Crippen molar-refractivity contribution in [3.63, 3.8) is 0 Å². The van der Waals surface area contributed by atoms with E-state index in [1.54, 1.807) is 16.6 Å². The third-order valence-corrected chi connectivity index (χ3v) is 7.39. The summed E-state index contributed by atoms with van der Waals surface area (Å²) in [6, 6.07) is 13.1. The van der Waals surface area contributed by atoms with Gasteiger partial charge in [0.1, 0.15) is 5.82 Å². The molecule has 0 aliphatic carbocycles. The van der Waals surface area contributed by atoms with E-state index in [9.17, 15) is 8.42 Å². The lowest BCUT2D eigenvalue weighted by molar-refractivity contribution is 0.383. The molecule has 3 heterocycles. The summed E-state index contributed by atoms with van der Waals surface area (Å²) in [5.74, 6) is 2.05. The molecule has 162 valence electrons. The molecule has 0 amide bonds. The number of rotatable bonds is 5. The molecule has 9 heteroatoms. The van der Waals surface area contributed by atoms with Gasteiger partial charge in [0.25, 0.3) is 0 Å². The van der Waals surface area contributed by atoms with Gasteiger partial charge in [-0.25, -0.2) is 13.4 Å². The Bertz CT molecular complexity index is 1170. The van der Waals surface area contributed by atoms with Crippen LogP contribution in [0.3, 0.4) is 0 Å². The van der Waals surface area contributed by atoms with Crippen LogP contribution in [0.25, 0.3) is 0 Å². The van der Waals surface area contributed by atoms with Crippen LogP contribution in [0.4, 0.5) is 17.5 Å². The monoisotopic (exact) mass is 438 g/mol.